The van der Waals surface area contributed by atoms with Crippen molar-refractivity contribution in [2.24, 2.45) is 0 Å². The summed E-state index contributed by atoms with van der Waals surface area (Å²) in [7, 11) is 1.58. The maximum absolute atomic E-state index is 11.4. The van der Waals surface area contributed by atoms with Gasteiger partial charge >= 0.3 is 0 Å². The highest BCUT2D eigenvalue weighted by Crippen LogP contribution is 2.21. The van der Waals surface area contributed by atoms with E-state index in [1.165, 1.54) is 19.4 Å². The number of hydrogen-bond acceptors (Lipinski definition) is 4. The first-order valence-corrected chi connectivity index (χ1v) is 5.76. The molecule has 0 aromatic rings. The Kier molecular flexibility index (Phi) is 3.72. The van der Waals surface area contributed by atoms with Crippen LogP contribution in [0.25, 0.3) is 0 Å². The first kappa shape index (κ1) is 11.0. The topological polar surface area (TPSA) is 32.8 Å². The van der Waals surface area contributed by atoms with Gasteiger partial charge in [-0.25, -0.2) is 0 Å². The fourth-order valence-corrected chi connectivity index (χ4v) is 2.66. The zero-order chi connectivity index (χ0) is 10.7. The summed E-state index contributed by atoms with van der Waals surface area (Å²) in [6.07, 6.45) is 2.62. The minimum atomic E-state index is 0.198. The highest BCUT2D eigenvalue weighted by molar-refractivity contribution is 5.81. The van der Waals surface area contributed by atoms with Gasteiger partial charge in [-0.3, -0.25) is 14.6 Å². The maximum Gasteiger partial charge on any atom is 0.172 e. The third-order valence-electron chi connectivity index (χ3n) is 3.38. The van der Waals surface area contributed by atoms with E-state index in [4.69, 9.17) is 4.74 Å². The average molecular weight is 212 g/mol. The molecule has 4 heteroatoms. The molecular formula is C11H20N2O2. The van der Waals surface area contributed by atoms with Crippen molar-refractivity contribution in [3.05, 3.63) is 0 Å². The van der Waals surface area contributed by atoms with Crippen molar-refractivity contribution in [3.63, 3.8) is 0 Å². The largest absolute Gasteiger partial charge is 0.377 e. The van der Waals surface area contributed by atoms with Crippen LogP contribution < -0.4 is 0 Å². The molecule has 0 spiro atoms. The van der Waals surface area contributed by atoms with Crippen LogP contribution in [-0.2, 0) is 9.53 Å². The molecule has 2 aliphatic rings. The molecule has 0 radical (unpaired) electrons. The quantitative estimate of drug-likeness (QED) is 0.656. The Hall–Kier alpha value is -0.450. The molecular weight excluding hydrogens is 192 g/mol. The SMILES string of the molecule is COCC(=O)CN1CCN2CCCC2C1. The summed E-state index contributed by atoms with van der Waals surface area (Å²) in [6.45, 7) is 5.31. The van der Waals surface area contributed by atoms with Crippen molar-refractivity contribution in [3.8, 4) is 0 Å². The van der Waals surface area contributed by atoms with Gasteiger partial charge in [0.25, 0.3) is 0 Å². The van der Waals surface area contributed by atoms with E-state index in [1.807, 2.05) is 0 Å². The van der Waals surface area contributed by atoms with Gasteiger partial charge in [-0.1, -0.05) is 0 Å². The molecule has 1 unspecified atom stereocenters. The Morgan fingerprint density at radius 3 is 3.07 bits per heavy atom. The number of nitrogens with zero attached hydrogens (tertiary/aromatic N) is 2. The summed E-state index contributed by atoms with van der Waals surface area (Å²) >= 11 is 0. The van der Waals surface area contributed by atoms with E-state index in [1.54, 1.807) is 7.11 Å². The second kappa shape index (κ2) is 5.05. The lowest BCUT2D eigenvalue weighted by Gasteiger charge is -2.37. The third-order valence-corrected chi connectivity index (χ3v) is 3.38. The van der Waals surface area contributed by atoms with E-state index in [0.717, 1.165) is 19.6 Å². The molecule has 0 amide bonds. The maximum atomic E-state index is 11.4. The lowest BCUT2D eigenvalue weighted by atomic mass is 10.1. The number of fused-ring (bicyclic) bond motifs is 1. The predicted octanol–water partition coefficient (Wildman–Crippen LogP) is -0.0181. The molecule has 15 heavy (non-hydrogen) atoms. The van der Waals surface area contributed by atoms with Crippen molar-refractivity contribution in [2.75, 3.05) is 46.4 Å². The first-order valence-electron chi connectivity index (χ1n) is 5.76. The summed E-state index contributed by atoms with van der Waals surface area (Å²) in [5.74, 6) is 0.198. The lowest BCUT2D eigenvalue weighted by Crippen LogP contribution is -2.51. The van der Waals surface area contributed by atoms with Crippen molar-refractivity contribution in [1.82, 2.24) is 9.80 Å². The van der Waals surface area contributed by atoms with Crippen LogP contribution in [-0.4, -0.2) is 68.1 Å². The van der Waals surface area contributed by atoms with E-state index in [-0.39, 0.29) is 12.4 Å². The van der Waals surface area contributed by atoms with E-state index >= 15 is 0 Å². The van der Waals surface area contributed by atoms with Crippen LogP contribution in [0.2, 0.25) is 0 Å². The van der Waals surface area contributed by atoms with Gasteiger partial charge in [0.1, 0.15) is 6.61 Å². The Morgan fingerprint density at radius 2 is 2.27 bits per heavy atom. The molecule has 0 N–H and O–H groups in total. The summed E-state index contributed by atoms with van der Waals surface area (Å²) in [5.41, 5.74) is 0. The predicted molar refractivity (Wildman–Crippen MR) is 57.9 cm³/mol. The number of hydrogen-bond donors (Lipinski definition) is 0. The molecule has 1 atom stereocenters. The van der Waals surface area contributed by atoms with Crippen LogP contribution >= 0.6 is 0 Å². The van der Waals surface area contributed by atoms with Crippen LogP contribution in [0.15, 0.2) is 0 Å². The van der Waals surface area contributed by atoms with Crippen molar-refractivity contribution in [1.29, 1.82) is 0 Å². The number of carbonyl (C=O) groups is 1. The molecule has 2 fully saturated rings. The number of Topliss-reactive ketones (excluding diaryl/α,β-unsaturated/α-hetero) is 1. The van der Waals surface area contributed by atoms with E-state index < -0.39 is 0 Å². The van der Waals surface area contributed by atoms with Gasteiger partial charge in [0.2, 0.25) is 0 Å². The number of ether oxygens (including phenoxy) is 1. The Balaban J connectivity index is 1.77. The first-order chi connectivity index (χ1) is 7.29. The lowest BCUT2D eigenvalue weighted by molar-refractivity contribution is -0.124. The molecule has 4 nitrogen and oxygen atoms in total. The fourth-order valence-electron chi connectivity index (χ4n) is 2.66. The number of ketones is 1. The molecule has 0 aromatic heterocycles. The standard InChI is InChI=1S/C11H20N2O2/c1-15-9-11(14)8-12-5-6-13-4-2-3-10(13)7-12/h10H,2-9H2,1H3. The summed E-state index contributed by atoms with van der Waals surface area (Å²) in [5, 5.41) is 0. The fraction of sp³-hybridized carbons (Fsp3) is 0.909. The highest BCUT2D eigenvalue weighted by atomic mass is 16.5. The zero-order valence-electron chi connectivity index (χ0n) is 9.45. The van der Waals surface area contributed by atoms with Crippen molar-refractivity contribution < 1.29 is 9.53 Å². The van der Waals surface area contributed by atoms with Crippen LogP contribution in [0.3, 0.4) is 0 Å². The van der Waals surface area contributed by atoms with E-state index in [2.05, 4.69) is 9.80 Å². The second-order valence-corrected chi connectivity index (χ2v) is 4.54. The minimum absolute atomic E-state index is 0.198. The molecule has 86 valence electrons. The molecule has 0 aromatic carbocycles. The normalized spacial score (nSPS) is 27.9. The minimum Gasteiger partial charge on any atom is -0.377 e. The number of rotatable bonds is 4. The van der Waals surface area contributed by atoms with Crippen LogP contribution in [0.4, 0.5) is 0 Å². The molecule has 0 aliphatic carbocycles. The number of methoxy groups -OCH3 is 1. The van der Waals surface area contributed by atoms with Crippen molar-refractivity contribution in [2.45, 2.75) is 18.9 Å². The molecule has 0 saturated carbocycles. The highest BCUT2D eigenvalue weighted by Gasteiger charge is 2.30. The summed E-state index contributed by atoms with van der Waals surface area (Å²) in [6, 6.07) is 0.703. The number of carbonyl (C=O) groups excluding carboxylic acids is 1. The number of piperazine rings is 1. The second-order valence-electron chi connectivity index (χ2n) is 4.54. The van der Waals surface area contributed by atoms with Crippen LogP contribution in [0.1, 0.15) is 12.8 Å². The Bertz CT molecular complexity index is 233. The molecule has 2 heterocycles. The zero-order valence-corrected chi connectivity index (χ0v) is 9.45. The van der Waals surface area contributed by atoms with Crippen LogP contribution in [0.5, 0.6) is 0 Å². The van der Waals surface area contributed by atoms with Gasteiger partial charge in [0.05, 0.1) is 6.54 Å². The Morgan fingerprint density at radius 1 is 1.40 bits per heavy atom. The van der Waals surface area contributed by atoms with Crippen molar-refractivity contribution >= 4 is 5.78 Å². The van der Waals surface area contributed by atoms with E-state index in [0.29, 0.717) is 12.6 Å². The Labute approximate surface area is 91.2 Å². The third kappa shape index (κ3) is 2.77. The van der Waals surface area contributed by atoms with Crippen LogP contribution in [0, 0.1) is 0 Å². The molecule has 0 bridgehead atoms. The summed E-state index contributed by atoms with van der Waals surface area (Å²) in [4.78, 5) is 16.2. The van der Waals surface area contributed by atoms with Gasteiger partial charge in [0.15, 0.2) is 5.78 Å². The molecule has 2 rings (SSSR count). The monoisotopic (exact) mass is 212 g/mol. The summed E-state index contributed by atoms with van der Waals surface area (Å²) < 4.78 is 4.85. The van der Waals surface area contributed by atoms with Gasteiger partial charge < -0.3 is 4.74 Å². The van der Waals surface area contributed by atoms with Gasteiger partial charge in [0, 0.05) is 32.8 Å². The molecule has 2 aliphatic heterocycles. The average Bonchev–Trinajstić information content (AvgIpc) is 2.65. The van der Waals surface area contributed by atoms with Gasteiger partial charge in [-0.05, 0) is 19.4 Å². The van der Waals surface area contributed by atoms with Gasteiger partial charge in [-0.15, -0.1) is 0 Å². The molecule has 2 saturated heterocycles. The van der Waals surface area contributed by atoms with E-state index in [9.17, 15) is 4.79 Å². The smallest absolute Gasteiger partial charge is 0.172 e. The van der Waals surface area contributed by atoms with Gasteiger partial charge in [-0.2, -0.15) is 0 Å².